The predicted molar refractivity (Wildman–Crippen MR) is 138 cm³/mol. The van der Waals surface area contributed by atoms with Crippen LogP contribution in [0.15, 0.2) is 126 Å². The van der Waals surface area contributed by atoms with Gasteiger partial charge in [-0.3, -0.25) is 4.79 Å². The molecule has 0 bridgehead atoms. The number of para-hydroxylation sites is 2. The van der Waals surface area contributed by atoms with Crippen LogP contribution in [0.5, 0.6) is 0 Å². The molecule has 1 aliphatic heterocycles. The number of amidine groups is 1. The Morgan fingerprint density at radius 2 is 1.30 bits per heavy atom. The molecule has 1 atom stereocenters. The third-order valence-corrected chi connectivity index (χ3v) is 7.07. The molecular formula is C29H24N2OS. The summed E-state index contributed by atoms with van der Waals surface area (Å²) in [4.78, 5) is 20.8. The molecule has 0 spiro atoms. The molecule has 162 valence electrons. The van der Waals surface area contributed by atoms with Gasteiger partial charge in [-0.15, -0.1) is 0 Å². The van der Waals surface area contributed by atoms with Crippen molar-refractivity contribution >= 4 is 34.1 Å². The fourth-order valence-electron chi connectivity index (χ4n) is 4.31. The Bertz CT molecular complexity index is 1240. The molecule has 0 aliphatic carbocycles. The highest BCUT2D eigenvalue weighted by Gasteiger charge is 2.48. The number of hydrogen-bond donors (Lipinski definition) is 0. The second-order valence-electron chi connectivity index (χ2n) is 8.05. The first-order chi connectivity index (χ1) is 16.3. The fourth-order valence-corrected chi connectivity index (χ4v) is 5.66. The topological polar surface area (TPSA) is 32.7 Å². The van der Waals surface area contributed by atoms with Crippen molar-refractivity contribution in [2.75, 3.05) is 10.7 Å². The number of Topliss-reactive ketones (excluding diaryl/α,β-unsaturated/α-hetero) is 1. The zero-order valence-electron chi connectivity index (χ0n) is 18.2. The predicted octanol–water partition coefficient (Wildman–Crippen LogP) is 7.10. The minimum Gasteiger partial charge on any atom is -0.309 e. The zero-order chi connectivity index (χ0) is 22.5. The monoisotopic (exact) mass is 448 g/mol. The van der Waals surface area contributed by atoms with Crippen LogP contribution in [0, 0.1) is 0 Å². The van der Waals surface area contributed by atoms with Gasteiger partial charge in [0.15, 0.2) is 11.0 Å². The van der Waals surface area contributed by atoms with Crippen LogP contribution in [0.2, 0.25) is 0 Å². The summed E-state index contributed by atoms with van der Waals surface area (Å²) in [5, 5.41) is 0.900. The van der Waals surface area contributed by atoms with Gasteiger partial charge < -0.3 is 4.90 Å². The molecule has 0 radical (unpaired) electrons. The van der Waals surface area contributed by atoms with Gasteiger partial charge in [-0.05, 0) is 29.8 Å². The van der Waals surface area contributed by atoms with Crippen LogP contribution in [0.1, 0.15) is 22.3 Å². The zero-order valence-corrected chi connectivity index (χ0v) is 19.0. The number of anilines is 1. The lowest BCUT2D eigenvalue weighted by Crippen LogP contribution is -2.47. The second kappa shape index (κ2) is 9.47. The lowest BCUT2D eigenvalue weighted by molar-refractivity contribution is 0.0957. The van der Waals surface area contributed by atoms with Crippen molar-refractivity contribution in [1.82, 2.24) is 0 Å². The van der Waals surface area contributed by atoms with E-state index < -0.39 is 5.54 Å². The number of ketones is 1. The molecule has 4 aromatic carbocycles. The van der Waals surface area contributed by atoms with E-state index in [1.165, 1.54) is 0 Å². The largest absolute Gasteiger partial charge is 0.309 e. The van der Waals surface area contributed by atoms with Crippen molar-refractivity contribution in [2.45, 2.75) is 12.0 Å². The van der Waals surface area contributed by atoms with E-state index in [9.17, 15) is 4.79 Å². The maximum absolute atomic E-state index is 13.5. The van der Waals surface area contributed by atoms with E-state index in [2.05, 4.69) is 29.2 Å². The molecule has 1 heterocycles. The third-order valence-electron chi connectivity index (χ3n) is 5.91. The number of carbonyl (C=O) groups excluding carboxylic acids is 1. The molecule has 3 nitrogen and oxygen atoms in total. The fraction of sp³-hybridized carbons (Fsp3) is 0.103. The minimum atomic E-state index is -0.548. The van der Waals surface area contributed by atoms with Gasteiger partial charge in [-0.25, -0.2) is 4.99 Å². The van der Waals surface area contributed by atoms with E-state index in [0.29, 0.717) is 6.42 Å². The number of rotatable bonds is 6. The van der Waals surface area contributed by atoms with Crippen molar-refractivity contribution < 1.29 is 4.79 Å². The van der Waals surface area contributed by atoms with Gasteiger partial charge in [-0.1, -0.05) is 109 Å². The maximum Gasteiger partial charge on any atom is 0.169 e. The van der Waals surface area contributed by atoms with Gasteiger partial charge in [0.25, 0.3) is 0 Å². The quantitative estimate of drug-likeness (QED) is 0.295. The summed E-state index contributed by atoms with van der Waals surface area (Å²) in [6.07, 6.45) is 0.358. The van der Waals surface area contributed by atoms with E-state index >= 15 is 0 Å². The smallest absolute Gasteiger partial charge is 0.169 e. The van der Waals surface area contributed by atoms with Crippen molar-refractivity contribution in [3.05, 3.63) is 132 Å². The number of hydrogen-bond acceptors (Lipinski definition) is 3. The van der Waals surface area contributed by atoms with Gasteiger partial charge in [0.05, 0.1) is 11.2 Å². The van der Waals surface area contributed by atoms with Crippen molar-refractivity contribution in [3.63, 3.8) is 0 Å². The van der Waals surface area contributed by atoms with Crippen LogP contribution >= 0.6 is 11.8 Å². The number of carbonyl (C=O) groups is 1. The Morgan fingerprint density at radius 3 is 1.94 bits per heavy atom. The lowest BCUT2D eigenvalue weighted by atomic mass is 9.83. The van der Waals surface area contributed by atoms with Crippen LogP contribution < -0.4 is 4.90 Å². The second-order valence-corrected chi connectivity index (χ2v) is 9.00. The Labute approximate surface area is 198 Å². The van der Waals surface area contributed by atoms with Crippen molar-refractivity contribution in [1.29, 1.82) is 0 Å². The molecule has 4 aromatic rings. The van der Waals surface area contributed by atoms with Crippen molar-refractivity contribution in [2.24, 2.45) is 4.99 Å². The Balaban J connectivity index is 1.66. The highest BCUT2D eigenvalue weighted by Crippen LogP contribution is 2.47. The van der Waals surface area contributed by atoms with Gasteiger partial charge in [-0.2, -0.15) is 0 Å². The summed E-state index contributed by atoms with van der Waals surface area (Å²) in [6.45, 7) is 0. The number of nitrogens with zero attached hydrogens (tertiary/aromatic N) is 2. The van der Waals surface area contributed by atoms with Gasteiger partial charge >= 0.3 is 0 Å². The maximum atomic E-state index is 13.5. The number of aliphatic imine (C=N–C) groups is 1. The summed E-state index contributed by atoms with van der Waals surface area (Å²) in [5.41, 5.74) is 3.23. The highest BCUT2D eigenvalue weighted by molar-refractivity contribution is 8.14. The molecule has 1 unspecified atom stereocenters. The average Bonchev–Trinajstić information content (AvgIpc) is 3.24. The standard InChI is InChI=1S/C29H24N2OS/c32-27(23-13-5-1-6-14-23)21-29(24-15-7-2-8-16-24)22-33-28(30-25-17-9-3-10-18-25)31(29)26-19-11-4-12-20-26/h1-20H,21-22H2. The van der Waals surface area contributed by atoms with E-state index in [4.69, 9.17) is 4.99 Å². The normalized spacial score (nSPS) is 19.0. The van der Waals surface area contributed by atoms with Crippen LogP contribution in [-0.2, 0) is 5.54 Å². The molecule has 0 aromatic heterocycles. The highest BCUT2D eigenvalue weighted by atomic mass is 32.2. The first-order valence-electron chi connectivity index (χ1n) is 11.0. The average molecular weight is 449 g/mol. The molecule has 0 amide bonds. The molecule has 33 heavy (non-hydrogen) atoms. The summed E-state index contributed by atoms with van der Waals surface area (Å²) in [6, 6.07) is 40.2. The Hall–Kier alpha value is -3.63. The molecule has 1 aliphatic rings. The molecule has 5 rings (SSSR count). The molecule has 4 heteroatoms. The van der Waals surface area contributed by atoms with E-state index in [1.54, 1.807) is 11.8 Å². The molecular weight excluding hydrogens is 424 g/mol. The summed E-state index contributed by atoms with van der Waals surface area (Å²) >= 11 is 1.70. The van der Waals surface area contributed by atoms with Crippen molar-refractivity contribution in [3.8, 4) is 0 Å². The van der Waals surface area contributed by atoms with E-state index in [1.807, 2.05) is 97.1 Å². The van der Waals surface area contributed by atoms with Crippen LogP contribution in [-0.4, -0.2) is 16.7 Å². The van der Waals surface area contributed by atoms with E-state index in [-0.39, 0.29) is 5.78 Å². The van der Waals surface area contributed by atoms with Gasteiger partial charge in [0, 0.05) is 23.4 Å². The van der Waals surface area contributed by atoms with Gasteiger partial charge in [0.2, 0.25) is 0 Å². The molecule has 1 saturated heterocycles. The molecule has 0 saturated carbocycles. The van der Waals surface area contributed by atoms with Crippen LogP contribution in [0.4, 0.5) is 11.4 Å². The van der Waals surface area contributed by atoms with Crippen LogP contribution in [0.3, 0.4) is 0 Å². The lowest BCUT2D eigenvalue weighted by Gasteiger charge is -2.39. The summed E-state index contributed by atoms with van der Waals surface area (Å²) in [5.74, 6) is 0.859. The summed E-state index contributed by atoms with van der Waals surface area (Å²) < 4.78 is 0. The first-order valence-corrected chi connectivity index (χ1v) is 12.0. The SMILES string of the molecule is O=C(CC1(c2ccccc2)CSC(=Nc2ccccc2)N1c1ccccc1)c1ccccc1. The molecule has 0 N–H and O–H groups in total. The third kappa shape index (κ3) is 4.35. The van der Waals surface area contributed by atoms with E-state index in [0.717, 1.165) is 33.4 Å². The van der Waals surface area contributed by atoms with Gasteiger partial charge in [0.1, 0.15) is 0 Å². The Morgan fingerprint density at radius 1 is 0.758 bits per heavy atom. The number of thioether (sulfide) groups is 1. The Kier molecular flexibility index (Phi) is 6.09. The summed E-state index contributed by atoms with van der Waals surface area (Å²) in [7, 11) is 0. The van der Waals surface area contributed by atoms with Crippen LogP contribution in [0.25, 0.3) is 0 Å². The molecule has 1 fully saturated rings. The first kappa shape index (κ1) is 21.2. The number of benzene rings is 4. The minimum absolute atomic E-state index is 0.127.